The number of nitrogens with one attached hydrogen (secondary N) is 1. The van der Waals surface area contributed by atoms with Gasteiger partial charge in [0.2, 0.25) is 0 Å². The molecule has 1 fully saturated rings. The number of benzene rings is 1. The fourth-order valence-corrected chi connectivity index (χ4v) is 3.61. The number of nitriles is 1. The number of aliphatic carboxylic acids is 1. The zero-order valence-corrected chi connectivity index (χ0v) is 15.2. The van der Waals surface area contributed by atoms with Crippen LogP contribution in [-0.2, 0) is 4.79 Å². The molecule has 0 aliphatic carbocycles. The Morgan fingerprint density at radius 2 is 2.00 bits per heavy atom. The number of rotatable bonds is 4. The third kappa shape index (κ3) is 3.46. The van der Waals surface area contributed by atoms with Crippen LogP contribution in [0, 0.1) is 17.2 Å². The maximum atomic E-state index is 11.4. The molecule has 0 spiro atoms. The van der Waals surface area contributed by atoms with Gasteiger partial charge in [0.05, 0.1) is 11.3 Å². The van der Waals surface area contributed by atoms with Crippen LogP contribution in [-0.4, -0.2) is 45.7 Å². The third-order valence-electron chi connectivity index (χ3n) is 4.82. The van der Waals surface area contributed by atoms with Crippen LogP contribution in [0.3, 0.4) is 0 Å². The van der Waals surface area contributed by atoms with E-state index in [4.69, 9.17) is 0 Å². The Kier molecular flexibility index (Phi) is 4.79. The van der Waals surface area contributed by atoms with E-state index in [-0.39, 0.29) is 6.04 Å². The number of aromatic nitrogens is 2. The maximum Gasteiger partial charge on any atom is 0.323 e. The number of carboxylic acids is 1. The first kappa shape index (κ1) is 18.1. The molecule has 1 saturated heterocycles. The summed E-state index contributed by atoms with van der Waals surface area (Å²) >= 11 is 0. The Balaban J connectivity index is 1.93. The summed E-state index contributed by atoms with van der Waals surface area (Å²) in [6, 6.07) is 5.89. The lowest BCUT2D eigenvalue weighted by atomic mass is 9.92. The second kappa shape index (κ2) is 6.89. The van der Waals surface area contributed by atoms with Gasteiger partial charge in [-0.25, -0.2) is 0 Å². The molecular formula is C19H23N5O2. The van der Waals surface area contributed by atoms with Gasteiger partial charge in [0, 0.05) is 31.5 Å². The van der Waals surface area contributed by atoms with Crippen LogP contribution in [0.5, 0.6) is 0 Å². The smallest absolute Gasteiger partial charge is 0.323 e. The van der Waals surface area contributed by atoms with Gasteiger partial charge < -0.3 is 10.0 Å². The van der Waals surface area contributed by atoms with E-state index in [0.717, 1.165) is 18.7 Å². The Morgan fingerprint density at radius 3 is 2.65 bits per heavy atom. The summed E-state index contributed by atoms with van der Waals surface area (Å²) in [6.07, 6.45) is 4.13. The number of anilines is 1. The monoisotopic (exact) mass is 353 g/mol. The first-order chi connectivity index (χ1) is 12.3. The fourth-order valence-electron chi connectivity index (χ4n) is 3.61. The molecule has 7 heteroatoms. The van der Waals surface area contributed by atoms with E-state index in [0.29, 0.717) is 29.1 Å². The molecule has 1 aliphatic heterocycles. The fraction of sp³-hybridized carbons (Fsp3) is 0.474. The van der Waals surface area contributed by atoms with E-state index < -0.39 is 11.5 Å². The van der Waals surface area contributed by atoms with Crippen LogP contribution in [0.2, 0.25) is 0 Å². The molecule has 0 bridgehead atoms. The Labute approximate surface area is 152 Å². The lowest BCUT2D eigenvalue weighted by Crippen LogP contribution is -2.57. The molecule has 0 radical (unpaired) electrons. The molecule has 1 aromatic carbocycles. The maximum absolute atomic E-state index is 11.4. The number of fused-ring (bicyclic) bond motifs is 1. The molecule has 2 heterocycles. The molecule has 1 aromatic heterocycles. The average Bonchev–Trinajstić information content (AvgIpc) is 2.59. The van der Waals surface area contributed by atoms with Gasteiger partial charge >= 0.3 is 5.97 Å². The molecule has 3 rings (SSSR count). The van der Waals surface area contributed by atoms with Crippen molar-refractivity contribution in [1.29, 1.82) is 5.26 Å². The van der Waals surface area contributed by atoms with Gasteiger partial charge in [0.25, 0.3) is 0 Å². The lowest BCUT2D eigenvalue weighted by molar-refractivity contribution is -0.143. The molecule has 0 saturated carbocycles. The van der Waals surface area contributed by atoms with Gasteiger partial charge in [-0.2, -0.15) is 5.26 Å². The number of piperidine rings is 1. The largest absolute Gasteiger partial charge is 0.480 e. The highest BCUT2D eigenvalue weighted by atomic mass is 16.4. The van der Waals surface area contributed by atoms with Crippen molar-refractivity contribution in [3.8, 4) is 6.07 Å². The summed E-state index contributed by atoms with van der Waals surface area (Å²) in [5, 5.41) is 22.0. The lowest BCUT2D eigenvalue weighted by Gasteiger charge is -2.41. The molecule has 7 nitrogen and oxygen atoms in total. The number of hydrogen-bond acceptors (Lipinski definition) is 6. The van der Waals surface area contributed by atoms with E-state index in [9.17, 15) is 15.2 Å². The van der Waals surface area contributed by atoms with Gasteiger partial charge in [0.1, 0.15) is 22.6 Å². The Morgan fingerprint density at radius 1 is 1.31 bits per heavy atom. The van der Waals surface area contributed by atoms with Crippen molar-refractivity contribution < 1.29 is 9.90 Å². The van der Waals surface area contributed by atoms with Crippen LogP contribution >= 0.6 is 0 Å². The molecule has 26 heavy (non-hydrogen) atoms. The summed E-state index contributed by atoms with van der Waals surface area (Å²) in [5.41, 5.74) is 1.75. The minimum Gasteiger partial charge on any atom is -0.480 e. The summed E-state index contributed by atoms with van der Waals surface area (Å²) in [6.45, 7) is 7.05. The van der Waals surface area contributed by atoms with Crippen LogP contribution in [0.25, 0.3) is 11.0 Å². The second-order valence-electron chi connectivity index (χ2n) is 7.51. The van der Waals surface area contributed by atoms with Gasteiger partial charge in [-0.05, 0) is 38.3 Å². The van der Waals surface area contributed by atoms with Crippen molar-refractivity contribution in [1.82, 2.24) is 15.3 Å². The van der Waals surface area contributed by atoms with Crippen molar-refractivity contribution in [2.45, 2.75) is 38.8 Å². The third-order valence-corrected chi connectivity index (χ3v) is 4.82. The van der Waals surface area contributed by atoms with Gasteiger partial charge in [0.15, 0.2) is 0 Å². The molecule has 1 aliphatic rings. The second-order valence-corrected chi connectivity index (χ2v) is 7.51. The first-order valence-electron chi connectivity index (χ1n) is 8.71. The number of carbonyl (C=O) groups is 1. The van der Waals surface area contributed by atoms with Crippen molar-refractivity contribution in [2.24, 2.45) is 5.92 Å². The highest BCUT2D eigenvalue weighted by molar-refractivity contribution is 5.92. The predicted molar refractivity (Wildman–Crippen MR) is 98.9 cm³/mol. The quantitative estimate of drug-likeness (QED) is 0.868. The number of hydrogen-bond donors (Lipinski definition) is 2. The van der Waals surface area contributed by atoms with E-state index in [1.54, 1.807) is 32.3 Å². The molecule has 136 valence electrons. The van der Waals surface area contributed by atoms with E-state index >= 15 is 0 Å². The highest BCUT2D eigenvalue weighted by Gasteiger charge is 2.34. The summed E-state index contributed by atoms with van der Waals surface area (Å²) in [4.78, 5) is 22.4. The highest BCUT2D eigenvalue weighted by Crippen LogP contribution is 2.30. The molecule has 0 unspecified atom stereocenters. The Hall–Kier alpha value is -2.72. The van der Waals surface area contributed by atoms with Crippen LogP contribution in [0.15, 0.2) is 24.5 Å². The van der Waals surface area contributed by atoms with Crippen molar-refractivity contribution in [3.63, 3.8) is 0 Å². The van der Waals surface area contributed by atoms with Crippen LogP contribution in [0.4, 0.5) is 5.69 Å². The summed E-state index contributed by atoms with van der Waals surface area (Å²) in [5.74, 6) is -0.467. The molecule has 0 amide bonds. The van der Waals surface area contributed by atoms with Crippen LogP contribution < -0.4 is 10.2 Å². The normalized spacial score (nSPS) is 20.8. The zero-order valence-electron chi connectivity index (χ0n) is 15.2. The average molecular weight is 353 g/mol. The van der Waals surface area contributed by atoms with Crippen molar-refractivity contribution >= 4 is 22.7 Å². The van der Waals surface area contributed by atoms with Crippen molar-refractivity contribution in [3.05, 3.63) is 30.1 Å². The number of nitrogens with zero attached hydrogens (tertiary/aromatic N) is 4. The molecular weight excluding hydrogens is 330 g/mol. The van der Waals surface area contributed by atoms with E-state index in [1.165, 1.54) is 0 Å². The minimum absolute atomic E-state index is 0.0483. The van der Waals surface area contributed by atoms with Gasteiger partial charge in [-0.15, -0.1) is 0 Å². The van der Waals surface area contributed by atoms with E-state index in [2.05, 4.69) is 33.2 Å². The summed E-state index contributed by atoms with van der Waals surface area (Å²) < 4.78 is 0. The van der Waals surface area contributed by atoms with Gasteiger partial charge in [-0.3, -0.25) is 20.1 Å². The van der Waals surface area contributed by atoms with Crippen LogP contribution in [0.1, 0.15) is 32.8 Å². The minimum atomic E-state index is -0.986. The molecule has 2 atom stereocenters. The molecule has 2 aromatic rings. The van der Waals surface area contributed by atoms with Crippen molar-refractivity contribution in [2.75, 3.05) is 18.0 Å². The molecule has 2 N–H and O–H groups in total. The number of carboxylic acid groups (broad SMARTS) is 1. The summed E-state index contributed by atoms with van der Waals surface area (Å²) in [7, 11) is 0. The first-order valence-corrected chi connectivity index (χ1v) is 8.71. The zero-order chi connectivity index (χ0) is 18.9. The van der Waals surface area contributed by atoms with E-state index in [1.807, 2.05) is 6.07 Å². The SMILES string of the molecule is C[C@H]1C[C@@H](NC(C)(C)C(=O)O)CN(c2ccc(C#N)c3nccnc23)C1. The topological polar surface area (TPSA) is 102 Å². The Bertz CT molecular complexity index is 874. The van der Waals surface area contributed by atoms with Gasteiger partial charge in [-0.1, -0.05) is 6.92 Å². The standard InChI is InChI=1S/C19H23N5O2/c1-12-8-14(23-19(2,3)18(25)26)11-24(10-12)15-5-4-13(9-20)16-17(15)22-7-6-21-16/h4-7,12,14,23H,8,10-11H2,1-3H3,(H,25,26)/t12-,14+/m0/s1. The predicted octanol–water partition coefficient (Wildman–Crippen LogP) is 2.17.